The molecule has 9 rings (SSSR count). The summed E-state index contributed by atoms with van der Waals surface area (Å²) >= 11 is 0. The Hall–Kier alpha value is -5.66. The minimum Gasteiger partial charge on any atom is -0.455 e. The van der Waals surface area contributed by atoms with Crippen LogP contribution in [0.4, 0.5) is 0 Å². The summed E-state index contributed by atoms with van der Waals surface area (Å²) in [5.41, 5.74) is 8.07. The lowest BCUT2D eigenvalue weighted by Gasteiger charge is -2.18. The van der Waals surface area contributed by atoms with Crippen LogP contribution in [0, 0.1) is 0 Å². The molecule has 43 heavy (non-hydrogen) atoms. The maximum absolute atomic E-state index is 8.85. The summed E-state index contributed by atoms with van der Waals surface area (Å²) in [5.74, 6) is 0. The molecule has 9 aromatic rings. The molecule has 0 atom stereocenters. The molecule has 0 saturated heterocycles. The smallest absolute Gasteiger partial charge is 0.143 e. The summed E-state index contributed by atoms with van der Waals surface area (Å²) < 4.78 is 24.2. The van der Waals surface area contributed by atoms with Crippen molar-refractivity contribution in [3.05, 3.63) is 158 Å². The van der Waals surface area contributed by atoms with Crippen molar-refractivity contribution in [3.8, 4) is 33.4 Å². The van der Waals surface area contributed by atoms with Crippen LogP contribution in [0.15, 0.2) is 162 Å². The zero-order chi connectivity index (χ0) is 30.1. The van der Waals surface area contributed by atoms with Crippen molar-refractivity contribution in [1.82, 2.24) is 0 Å². The van der Waals surface area contributed by atoms with Crippen molar-refractivity contribution < 1.29 is 7.16 Å². The number of hydrogen-bond donors (Lipinski definition) is 0. The van der Waals surface area contributed by atoms with E-state index in [-0.39, 0.29) is 12.1 Å². The van der Waals surface area contributed by atoms with E-state index in [2.05, 4.69) is 115 Å². The van der Waals surface area contributed by atoms with Crippen molar-refractivity contribution in [2.24, 2.45) is 0 Å². The van der Waals surface area contributed by atoms with E-state index in [1.165, 1.54) is 33.0 Å². The molecular weight excluding hydrogens is 520 g/mol. The van der Waals surface area contributed by atoms with Gasteiger partial charge in [0.25, 0.3) is 0 Å². The van der Waals surface area contributed by atoms with E-state index in [1.54, 1.807) is 0 Å². The lowest BCUT2D eigenvalue weighted by molar-refractivity contribution is 0.670. The van der Waals surface area contributed by atoms with Crippen LogP contribution < -0.4 is 0 Å². The quantitative estimate of drug-likeness (QED) is 0.200. The summed E-state index contributed by atoms with van der Waals surface area (Å²) in [7, 11) is 0. The fraction of sp³-hybridized carbons (Fsp3) is 0. The van der Waals surface area contributed by atoms with E-state index in [0.29, 0.717) is 5.58 Å². The van der Waals surface area contributed by atoms with Gasteiger partial charge in [0, 0.05) is 21.9 Å². The van der Waals surface area contributed by atoms with Gasteiger partial charge in [-0.2, -0.15) is 0 Å². The number of rotatable bonds is 3. The molecule has 0 N–H and O–H groups in total. The van der Waals surface area contributed by atoms with Gasteiger partial charge in [0.15, 0.2) is 0 Å². The second-order valence-electron chi connectivity index (χ2n) is 11.1. The molecule has 1 heteroatoms. The lowest BCUT2D eigenvalue weighted by Crippen LogP contribution is -1.91. The van der Waals surface area contributed by atoms with Crippen LogP contribution in [-0.4, -0.2) is 0 Å². The van der Waals surface area contributed by atoms with E-state index >= 15 is 0 Å². The van der Waals surface area contributed by atoms with Crippen LogP contribution in [0.3, 0.4) is 0 Å². The highest BCUT2D eigenvalue weighted by Crippen LogP contribution is 2.47. The van der Waals surface area contributed by atoms with Gasteiger partial charge < -0.3 is 4.42 Å². The number of hydrogen-bond acceptors (Lipinski definition) is 1. The molecule has 0 radical (unpaired) electrons. The van der Waals surface area contributed by atoms with Gasteiger partial charge >= 0.3 is 0 Å². The van der Waals surface area contributed by atoms with Crippen molar-refractivity contribution in [2.45, 2.75) is 0 Å². The molecule has 0 aliphatic heterocycles. The van der Waals surface area contributed by atoms with Gasteiger partial charge in [-0.3, -0.25) is 0 Å². The van der Waals surface area contributed by atoms with Gasteiger partial charge in [0.05, 0.1) is 2.74 Å². The monoisotopic (exact) mass is 548 g/mol. The first kappa shape index (κ1) is 22.0. The maximum Gasteiger partial charge on any atom is 0.143 e. The third-order valence-corrected chi connectivity index (χ3v) is 8.70. The largest absolute Gasteiger partial charge is 0.455 e. The van der Waals surface area contributed by atoms with E-state index in [1.807, 2.05) is 30.3 Å². The molecule has 1 nitrogen and oxygen atoms in total. The molecule has 1 aromatic heterocycles. The van der Waals surface area contributed by atoms with Crippen molar-refractivity contribution in [3.63, 3.8) is 0 Å². The van der Waals surface area contributed by atoms with Gasteiger partial charge in [0.2, 0.25) is 0 Å². The molecule has 1 heterocycles. The maximum atomic E-state index is 8.85. The van der Waals surface area contributed by atoms with Crippen LogP contribution in [-0.2, 0) is 0 Å². The molecule has 0 spiro atoms. The Bertz CT molecular complexity index is 2540. The molecule has 0 amide bonds. The lowest BCUT2D eigenvalue weighted by atomic mass is 9.85. The number of fused-ring (bicyclic) bond motifs is 7. The SMILES string of the molecule is [2H]c1c([2H])c2oc3c(-c4c5ccccc5c(-c5ccc(-c6ccccc6)cc5)c5ccccc45)cccc3c2c2ccccc12. The van der Waals surface area contributed by atoms with Gasteiger partial charge in [0.1, 0.15) is 11.2 Å². The first-order valence-corrected chi connectivity index (χ1v) is 14.6. The molecule has 200 valence electrons. The van der Waals surface area contributed by atoms with Crippen molar-refractivity contribution in [1.29, 1.82) is 0 Å². The molecule has 0 bridgehead atoms. The Morgan fingerprint density at radius 1 is 0.395 bits per heavy atom. The Morgan fingerprint density at radius 2 is 0.930 bits per heavy atom. The molecule has 0 aliphatic carbocycles. The summed E-state index contributed by atoms with van der Waals surface area (Å²) in [6.07, 6.45) is 0. The summed E-state index contributed by atoms with van der Waals surface area (Å²) in [4.78, 5) is 0. The summed E-state index contributed by atoms with van der Waals surface area (Å²) in [5, 5.41) is 8.19. The highest BCUT2D eigenvalue weighted by atomic mass is 16.3. The average Bonchev–Trinajstić information content (AvgIpc) is 3.51. The number of para-hydroxylation sites is 1. The Balaban J connectivity index is 1.36. The zero-order valence-electron chi connectivity index (χ0n) is 25.3. The van der Waals surface area contributed by atoms with E-state index < -0.39 is 0 Å². The highest BCUT2D eigenvalue weighted by molar-refractivity contribution is 6.26. The molecule has 8 aromatic carbocycles. The fourth-order valence-corrected chi connectivity index (χ4v) is 6.80. The standard InChI is InChI=1S/C42H26O/c1-2-11-27(12-3-1)28-21-23-30(24-22-28)39-32-15-6-8-17-34(32)40(35-18-9-7-16-33(35)39)36-19-10-20-37-41-31-14-5-4-13-29(31)25-26-38(41)43-42(36)37/h1-26H/i25D,26D. The topological polar surface area (TPSA) is 13.1 Å². The Labute approximate surface area is 252 Å². The van der Waals surface area contributed by atoms with Crippen LogP contribution >= 0.6 is 0 Å². The molecule has 0 fully saturated rings. The van der Waals surface area contributed by atoms with Gasteiger partial charge in [-0.15, -0.1) is 0 Å². The number of furan rings is 1. The van der Waals surface area contributed by atoms with Crippen LogP contribution in [0.25, 0.3) is 87.6 Å². The Morgan fingerprint density at radius 3 is 1.63 bits per heavy atom. The van der Waals surface area contributed by atoms with Gasteiger partial charge in [-0.1, -0.05) is 152 Å². The predicted octanol–water partition coefficient (Wildman–Crippen LogP) is 12.0. The fourth-order valence-electron chi connectivity index (χ4n) is 6.80. The molecule has 0 saturated carbocycles. The van der Waals surface area contributed by atoms with E-state index in [0.717, 1.165) is 49.0 Å². The van der Waals surface area contributed by atoms with E-state index in [4.69, 9.17) is 7.16 Å². The minimum atomic E-state index is 0.120. The summed E-state index contributed by atoms with van der Waals surface area (Å²) in [6, 6.07) is 51.1. The predicted molar refractivity (Wildman–Crippen MR) is 183 cm³/mol. The third-order valence-electron chi connectivity index (χ3n) is 8.70. The normalized spacial score (nSPS) is 12.4. The second-order valence-corrected chi connectivity index (χ2v) is 11.1. The van der Waals surface area contributed by atoms with Crippen LogP contribution in [0.1, 0.15) is 2.74 Å². The van der Waals surface area contributed by atoms with Crippen molar-refractivity contribution in [2.75, 3.05) is 0 Å². The van der Waals surface area contributed by atoms with Crippen LogP contribution in [0.2, 0.25) is 0 Å². The molecule has 0 aliphatic rings. The first-order chi connectivity index (χ1) is 22.2. The third kappa shape index (κ3) is 3.65. The second kappa shape index (κ2) is 9.44. The van der Waals surface area contributed by atoms with Gasteiger partial charge in [-0.25, -0.2) is 0 Å². The van der Waals surface area contributed by atoms with Crippen molar-refractivity contribution >= 4 is 54.3 Å². The molecular formula is C42H26O. The first-order valence-electron chi connectivity index (χ1n) is 15.6. The summed E-state index contributed by atoms with van der Waals surface area (Å²) in [6.45, 7) is 0. The Kier molecular flexibility index (Phi) is 4.83. The van der Waals surface area contributed by atoms with Crippen LogP contribution in [0.5, 0.6) is 0 Å². The number of benzene rings is 8. The molecule has 0 unspecified atom stereocenters. The van der Waals surface area contributed by atoms with E-state index in [9.17, 15) is 0 Å². The van der Waals surface area contributed by atoms with Gasteiger partial charge in [-0.05, 0) is 60.6 Å². The minimum absolute atomic E-state index is 0.120. The average molecular weight is 549 g/mol. The highest BCUT2D eigenvalue weighted by Gasteiger charge is 2.20. The zero-order valence-corrected chi connectivity index (χ0v) is 23.3.